The van der Waals surface area contributed by atoms with Crippen LogP contribution in [0.15, 0.2) is 78.9 Å². The molecule has 132 valence electrons. The fraction of sp³-hybridized carbons (Fsp3) is 0.0952. The minimum absolute atomic E-state index is 0.301. The number of amides is 2. The molecule has 0 fully saturated rings. The highest BCUT2D eigenvalue weighted by atomic mass is 16.5. The van der Waals surface area contributed by atoms with Crippen molar-refractivity contribution in [2.24, 2.45) is 0 Å². The summed E-state index contributed by atoms with van der Waals surface area (Å²) in [6, 6.07) is 24.0. The van der Waals surface area contributed by atoms with Gasteiger partial charge in [-0.1, -0.05) is 42.5 Å². The maximum Gasteiger partial charge on any atom is 0.319 e. The number of hydrogen-bond donors (Lipinski definition) is 2. The van der Waals surface area contributed by atoms with E-state index in [1.807, 2.05) is 72.8 Å². The van der Waals surface area contributed by atoms with Crippen molar-refractivity contribution >= 4 is 11.7 Å². The summed E-state index contributed by atoms with van der Waals surface area (Å²) in [7, 11) is 1.62. The molecule has 0 radical (unpaired) electrons. The van der Waals surface area contributed by atoms with Crippen LogP contribution in [0.1, 0.15) is 5.56 Å². The molecule has 3 aromatic carbocycles. The van der Waals surface area contributed by atoms with Gasteiger partial charge in [0.2, 0.25) is 0 Å². The highest BCUT2D eigenvalue weighted by molar-refractivity contribution is 5.90. The monoisotopic (exact) mass is 348 g/mol. The van der Waals surface area contributed by atoms with Gasteiger partial charge in [0.25, 0.3) is 0 Å². The number of carbonyl (C=O) groups is 1. The summed E-state index contributed by atoms with van der Waals surface area (Å²) in [4.78, 5) is 12.2. The average molecular weight is 348 g/mol. The molecular formula is C21H20N2O3. The van der Waals surface area contributed by atoms with Gasteiger partial charge in [-0.05, 0) is 42.0 Å². The van der Waals surface area contributed by atoms with Gasteiger partial charge in [-0.2, -0.15) is 0 Å². The van der Waals surface area contributed by atoms with E-state index in [1.165, 1.54) is 0 Å². The Balaban J connectivity index is 1.60. The topological polar surface area (TPSA) is 59.6 Å². The highest BCUT2D eigenvalue weighted by Gasteiger charge is 2.08. The molecule has 2 amide bonds. The maximum atomic E-state index is 12.2. The first-order valence-corrected chi connectivity index (χ1v) is 8.24. The van der Waals surface area contributed by atoms with E-state index in [0.29, 0.717) is 23.7 Å². The van der Waals surface area contributed by atoms with Crippen LogP contribution in [0.3, 0.4) is 0 Å². The predicted molar refractivity (Wildman–Crippen MR) is 102 cm³/mol. The fourth-order valence-corrected chi connectivity index (χ4v) is 2.37. The molecule has 0 heterocycles. The minimum atomic E-state index is -0.301. The Morgan fingerprint density at radius 2 is 1.54 bits per heavy atom. The molecule has 3 aromatic rings. The number of carbonyl (C=O) groups excluding carboxylic acids is 1. The first-order chi connectivity index (χ1) is 12.7. The zero-order valence-electron chi connectivity index (χ0n) is 14.4. The van der Waals surface area contributed by atoms with Gasteiger partial charge in [-0.15, -0.1) is 0 Å². The lowest BCUT2D eigenvalue weighted by Gasteiger charge is -2.13. The third kappa shape index (κ3) is 4.77. The number of benzene rings is 3. The Hall–Kier alpha value is -3.47. The lowest BCUT2D eigenvalue weighted by atomic mass is 10.2. The van der Waals surface area contributed by atoms with Crippen LogP contribution >= 0.6 is 0 Å². The van der Waals surface area contributed by atoms with Crippen molar-refractivity contribution in [3.8, 4) is 17.2 Å². The number of anilines is 1. The van der Waals surface area contributed by atoms with Gasteiger partial charge in [-0.3, -0.25) is 0 Å². The van der Waals surface area contributed by atoms with Gasteiger partial charge in [0.1, 0.15) is 11.5 Å². The summed E-state index contributed by atoms with van der Waals surface area (Å²) >= 11 is 0. The van der Waals surface area contributed by atoms with Gasteiger partial charge in [-0.25, -0.2) is 4.79 Å². The molecule has 0 aliphatic carbocycles. The van der Waals surface area contributed by atoms with E-state index >= 15 is 0 Å². The summed E-state index contributed by atoms with van der Waals surface area (Å²) in [6.07, 6.45) is 0. The van der Waals surface area contributed by atoms with E-state index in [2.05, 4.69) is 10.6 Å². The average Bonchev–Trinajstić information content (AvgIpc) is 2.69. The largest absolute Gasteiger partial charge is 0.497 e. The van der Waals surface area contributed by atoms with Crippen molar-refractivity contribution < 1.29 is 14.3 Å². The van der Waals surface area contributed by atoms with Crippen molar-refractivity contribution in [3.05, 3.63) is 84.4 Å². The van der Waals surface area contributed by atoms with Crippen LogP contribution < -0.4 is 20.1 Å². The molecule has 0 aliphatic rings. The number of hydrogen-bond acceptors (Lipinski definition) is 3. The van der Waals surface area contributed by atoms with Crippen LogP contribution in [0, 0.1) is 0 Å². The fourth-order valence-electron chi connectivity index (χ4n) is 2.37. The third-order valence-electron chi connectivity index (χ3n) is 3.72. The Labute approximate surface area is 152 Å². The summed E-state index contributed by atoms with van der Waals surface area (Å²) in [5.74, 6) is 2.07. The molecular weight excluding hydrogens is 328 g/mol. The minimum Gasteiger partial charge on any atom is -0.497 e. The summed E-state index contributed by atoms with van der Waals surface area (Å²) in [5, 5.41) is 5.65. The maximum absolute atomic E-state index is 12.2. The first-order valence-electron chi connectivity index (χ1n) is 8.24. The SMILES string of the molecule is COc1ccc(CNC(=O)Nc2ccccc2Oc2ccccc2)cc1. The normalized spacial score (nSPS) is 10.0. The van der Waals surface area contributed by atoms with Gasteiger partial charge in [0, 0.05) is 6.54 Å². The Kier molecular flexibility index (Phi) is 5.72. The van der Waals surface area contributed by atoms with E-state index in [9.17, 15) is 4.79 Å². The molecule has 0 saturated carbocycles. The van der Waals surface area contributed by atoms with E-state index in [1.54, 1.807) is 13.2 Å². The molecule has 0 bridgehead atoms. The molecule has 0 aromatic heterocycles. The number of urea groups is 1. The van der Waals surface area contributed by atoms with Crippen LogP contribution in [-0.4, -0.2) is 13.1 Å². The second-order valence-corrected chi connectivity index (χ2v) is 5.57. The zero-order valence-corrected chi connectivity index (χ0v) is 14.4. The Morgan fingerprint density at radius 3 is 2.27 bits per heavy atom. The van der Waals surface area contributed by atoms with Crippen LogP contribution in [0.2, 0.25) is 0 Å². The van der Waals surface area contributed by atoms with Crippen molar-refractivity contribution in [3.63, 3.8) is 0 Å². The Morgan fingerprint density at radius 1 is 0.846 bits per heavy atom. The molecule has 0 atom stereocenters. The van der Waals surface area contributed by atoms with Crippen molar-refractivity contribution in [1.29, 1.82) is 0 Å². The number of ether oxygens (including phenoxy) is 2. The van der Waals surface area contributed by atoms with E-state index < -0.39 is 0 Å². The molecule has 3 rings (SSSR count). The van der Waals surface area contributed by atoms with Crippen LogP contribution in [0.5, 0.6) is 17.2 Å². The van der Waals surface area contributed by atoms with Gasteiger partial charge < -0.3 is 20.1 Å². The number of nitrogens with one attached hydrogen (secondary N) is 2. The van der Waals surface area contributed by atoms with Crippen LogP contribution in [0.25, 0.3) is 0 Å². The van der Waals surface area contributed by atoms with E-state index in [-0.39, 0.29) is 6.03 Å². The number of methoxy groups -OCH3 is 1. The van der Waals surface area contributed by atoms with E-state index in [4.69, 9.17) is 9.47 Å². The Bertz CT molecular complexity index is 849. The molecule has 0 aliphatic heterocycles. The molecule has 26 heavy (non-hydrogen) atoms. The second kappa shape index (κ2) is 8.58. The van der Waals surface area contributed by atoms with Gasteiger partial charge in [0.05, 0.1) is 12.8 Å². The smallest absolute Gasteiger partial charge is 0.319 e. The van der Waals surface area contributed by atoms with Crippen molar-refractivity contribution in [1.82, 2.24) is 5.32 Å². The van der Waals surface area contributed by atoms with Crippen molar-refractivity contribution in [2.45, 2.75) is 6.54 Å². The number of rotatable bonds is 6. The molecule has 2 N–H and O–H groups in total. The molecule has 0 unspecified atom stereocenters. The predicted octanol–water partition coefficient (Wildman–Crippen LogP) is 4.81. The first kappa shape index (κ1) is 17.4. The molecule has 0 saturated heterocycles. The standard InChI is InChI=1S/C21H20N2O3/c1-25-17-13-11-16(12-14-17)15-22-21(24)23-19-9-5-6-10-20(19)26-18-7-3-2-4-8-18/h2-14H,15H2,1H3,(H2,22,23,24). The highest BCUT2D eigenvalue weighted by Crippen LogP contribution is 2.28. The number of para-hydroxylation sites is 3. The lowest BCUT2D eigenvalue weighted by Crippen LogP contribution is -2.28. The summed E-state index contributed by atoms with van der Waals surface area (Å²) < 4.78 is 11.0. The summed E-state index contributed by atoms with van der Waals surface area (Å²) in [5.41, 5.74) is 1.58. The quantitative estimate of drug-likeness (QED) is 0.672. The summed E-state index contributed by atoms with van der Waals surface area (Å²) in [6.45, 7) is 0.414. The third-order valence-corrected chi connectivity index (χ3v) is 3.72. The lowest BCUT2D eigenvalue weighted by molar-refractivity contribution is 0.251. The van der Waals surface area contributed by atoms with Gasteiger partial charge in [0.15, 0.2) is 5.75 Å². The molecule has 5 heteroatoms. The second-order valence-electron chi connectivity index (χ2n) is 5.57. The van der Waals surface area contributed by atoms with Crippen LogP contribution in [0.4, 0.5) is 10.5 Å². The van der Waals surface area contributed by atoms with Crippen molar-refractivity contribution in [2.75, 3.05) is 12.4 Å². The van der Waals surface area contributed by atoms with Gasteiger partial charge >= 0.3 is 6.03 Å². The van der Waals surface area contributed by atoms with Crippen LogP contribution in [-0.2, 0) is 6.54 Å². The zero-order chi connectivity index (χ0) is 18.2. The molecule has 0 spiro atoms. The van der Waals surface area contributed by atoms with E-state index in [0.717, 1.165) is 11.3 Å². The molecule has 5 nitrogen and oxygen atoms in total.